The number of sulfonamides is 1. The van der Waals surface area contributed by atoms with Crippen molar-refractivity contribution in [2.45, 2.75) is 68.6 Å². The molecular formula is C25H29N3O4S2. The van der Waals surface area contributed by atoms with Gasteiger partial charge in [0.25, 0.3) is 10.0 Å². The third kappa shape index (κ3) is 5.70. The van der Waals surface area contributed by atoms with Crippen molar-refractivity contribution in [3.63, 3.8) is 0 Å². The number of hydrogen-bond donors (Lipinski definition) is 1. The topological polar surface area (TPSA) is 95.9 Å². The summed E-state index contributed by atoms with van der Waals surface area (Å²) in [6.45, 7) is 3.84. The zero-order chi connectivity index (χ0) is 24.3. The van der Waals surface area contributed by atoms with Crippen LogP contribution >= 0.6 is 11.8 Å². The van der Waals surface area contributed by atoms with Crippen molar-refractivity contribution in [2.75, 3.05) is 5.32 Å². The Bertz CT molecular complexity index is 1190. The highest BCUT2D eigenvalue weighted by Gasteiger charge is 2.43. The minimum atomic E-state index is -3.99. The number of carbonyl (C=O) groups excluding carboxylic acids is 2. The Labute approximate surface area is 205 Å². The van der Waals surface area contributed by atoms with Crippen LogP contribution in [0.5, 0.6) is 0 Å². The Morgan fingerprint density at radius 2 is 1.59 bits per heavy atom. The van der Waals surface area contributed by atoms with Crippen LogP contribution in [0.25, 0.3) is 0 Å². The van der Waals surface area contributed by atoms with Crippen molar-refractivity contribution in [3.05, 3.63) is 59.7 Å². The third-order valence-electron chi connectivity index (χ3n) is 6.13. The van der Waals surface area contributed by atoms with E-state index in [0.717, 1.165) is 55.0 Å². The molecule has 4 rings (SSSR count). The lowest BCUT2D eigenvalue weighted by Crippen LogP contribution is -2.42. The fraction of sp³-hybridized carbons (Fsp3) is 0.400. The predicted molar refractivity (Wildman–Crippen MR) is 135 cm³/mol. The van der Waals surface area contributed by atoms with Crippen molar-refractivity contribution >= 4 is 44.5 Å². The maximum atomic E-state index is 13.4. The van der Waals surface area contributed by atoms with Crippen molar-refractivity contribution in [3.8, 4) is 0 Å². The number of aryl methyl sites for hydroxylation is 2. The molecular weight excluding hydrogens is 470 g/mol. The van der Waals surface area contributed by atoms with Crippen LogP contribution in [0.2, 0.25) is 0 Å². The second kappa shape index (κ2) is 10.3. The van der Waals surface area contributed by atoms with Gasteiger partial charge in [0.15, 0.2) is 5.17 Å². The lowest BCUT2D eigenvalue weighted by molar-refractivity contribution is -0.130. The van der Waals surface area contributed by atoms with Gasteiger partial charge in [-0.25, -0.2) is 0 Å². The van der Waals surface area contributed by atoms with Crippen LogP contribution in [-0.4, -0.2) is 41.6 Å². The number of carbonyl (C=O) groups is 2. The molecule has 1 saturated heterocycles. The predicted octanol–water partition coefficient (Wildman–Crippen LogP) is 4.65. The van der Waals surface area contributed by atoms with Gasteiger partial charge in [0.1, 0.15) is 5.25 Å². The Morgan fingerprint density at radius 3 is 2.21 bits per heavy atom. The molecule has 0 bridgehead atoms. The lowest BCUT2D eigenvalue weighted by atomic mass is 9.94. The van der Waals surface area contributed by atoms with Crippen LogP contribution in [0.15, 0.2) is 57.8 Å². The third-order valence-corrected chi connectivity index (χ3v) is 8.68. The van der Waals surface area contributed by atoms with Gasteiger partial charge in [0.05, 0.1) is 4.90 Å². The van der Waals surface area contributed by atoms with Gasteiger partial charge < -0.3 is 5.32 Å². The van der Waals surface area contributed by atoms with Gasteiger partial charge in [-0.1, -0.05) is 66.4 Å². The van der Waals surface area contributed by atoms with E-state index in [1.165, 1.54) is 12.1 Å². The standard InChI is InChI=1S/C25H29N3O4S2/c1-17-8-12-19(13-9-17)26-23(29)16-22-24(30)28(20-6-4-3-5-7-20)25(33-22)27-34(31,32)21-14-10-18(2)11-15-21/h8-15,20,22H,3-7,16H2,1-2H3,(H,26,29)/t22-/m0/s1. The number of amidine groups is 1. The van der Waals surface area contributed by atoms with Crippen LogP contribution in [0, 0.1) is 13.8 Å². The normalized spacial score (nSPS) is 20.6. The summed E-state index contributed by atoms with van der Waals surface area (Å²) in [4.78, 5) is 27.7. The van der Waals surface area contributed by atoms with Crippen LogP contribution in [0.1, 0.15) is 49.7 Å². The first kappa shape index (κ1) is 24.5. The van der Waals surface area contributed by atoms with E-state index in [1.54, 1.807) is 17.0 Å². The van der Waals surface area contributed by atoms with E-state index in [-0.39, 0.29) is 34.3 Å². The smallest absolute Gasteiger partial charge is 0.284 e. The summed E-state index contributed by atoms with van der Waals surface area (Å²) in [5, 5.41) is 2.29. The second-order valence-electron chi connectivity index (χ2n) is 8.89. The van der Waals surface area contributed by atoms with Crippen molar-refractivity contribution in [2.24, 2.45) is 4.40 Å². The van der Waals surface area contributed by atoms with Crippen LogP contribution in [0.3, 0.4) is 0 Å². The summed E-state index contributed by atoms with van der Waals surface area (Å²) >= 11 is 1.07. The van der Waals surface area contributed by atoms with Gasteiger partial charge in [-0.05, 0) is 51.0 Å². The number of thioether (sulfide) groups is 1. The lowest BCUT2D eigenvalue weighted by Gasteiger charge is -2.30. The maximum absolute atomic E-state index is 13.4. The zero-order valence-corrected chi connectivity index (χ0v) is 21.0. The van der Waals surface area contributed by atoms with Gasteiger partial charge in [0.2, 0.25) is 11.8 Å². The zero-order valence-electron chi connectivity index (χ0n) is 19.4. The van der Waals surface area contributed by atoms with Crippen LogP contribution < -0.4 is 5.32 Å². The van der Waals surface area contributed by atoms with Crippen LogP contribution in [0.4, 0.5) is 5.69 Å². The Morgan fingerprint density at radius 1 is 1.00 bits per heavy atom. The molecule has 1 atom stereocenters. The first-order valence-electron chi connectivity index (χ1n) is 11.5. The van der Waals surface area contributed by atoms with E-state index in [1.807, 2.05) is 38.1 Å². The highest BCUT2D eigenvalue weighted by molar-refractivity contribution is 8.16. The molecule has 2 aromatic rings. The molecule has 1 N–H and O–H groups in total. The highest BCUT2D eigenvalue weighted by Crippen LogP contribution is 2.36. The molecule has 2 aromatic carbocycles. The number of anilines is 1. The number of nitrogens with zero attached hydrogens (tertiary/aromatic N) is 2. The molecule has 0 aromatic heterocycles. The minimum absolute atomic E-state index is 0.0514. The molecule has 9 heteroatoms. The molecule has 1 saturated carbocycles. The summed E-state index contributed by atoms with van der Waals surface area (Å²) in [6, 6.07) is 13.8. The number of hydrogen-bond acceptors (Lipinski definition) is 5. The first-order valence-corrected chi connectivity index (χ1v) is 13.8. The van der Waals surface area contributed by atoms with E-state index in [0.29, 0.717) is 5.69 Å². The summed E-state index contributed by atoms with van der Waals surface area (Å²) in [6.07, 6.45) is 4.62. The van der Waals surface area contributed by atoms with Crippen molar-refractivity contribution in [1.29, 1.82) is 0 Å². The molecule has 2 aliphatic rings. The van der Waals surface area contributed by atoms with Gasteiger partial charge in [0, 0.05) is 18.2 Å². The Balaban J connectivity index is 1.57. The number of rotatable bonds is 6. The average Bonchev–Trinajstić information content (AvgIpc) is 3.10. The maximum Gasteiger partial charge on any atom is 0.284 e. The molecule has 1 aliphatic carbocycles. The fourth-order valence-corrected chi connectivity index (χ4v) is 6.64. The molecule has 2 fully saturated rings. The molecule has 2 amide bonds. The van der Waals surface area contributed by atoms with E-state index >= 15 is 0 Å². The van der Waals surface area contributed by atoms with Gasteiger partial charge in [-0.3, -0.25) is 14.5 Å². The van der Waals surface area contributed by atoms with Crippen molar-refractivity contribution in [1.82, 2.24) is 4.90 Å². The Hall–Kier alpha value is -2.65. The molecule has 7 nitrogen and oxygen atoms in total. The van der Waals surface area contributed by atoms with E-state index in [9.17, 15) is 18.0 Å². The average molecular weight is 500 g/mol. The van der Waals surface area contributed by atoms with E-state index < -0.39 is 15.3 Å². The molecule has 0 spiro atoms. The number of nitrogens with one attached hydrogen (secondary N) is 1. The Kier molecular flexibility index (Phi) is 7.42. The largest absolute Gasteiger partial charge is 0.326 e. The molecule has 1 aliphatic heterocycles. The quantitative estimate of drug-likeness (QED) is 0.624. The molecule has 34 heavy (non-hydrogen) atoms. The van der Waals surface area contributed by atoms with Crippen molar-refractivity contribution < 1.29 is 18.0 Å². The summed E-state index contributed by atoms with van der Waals surface area (Å²) in [5.41, 5.74) is 2.69. The summed E-state index contributed by atoms with van der Waals surface area (Å²) in [7, 11) is -3.99. The highest BCUT2D eigenvalue weighted by atomic mass is 32.2. The van der Waals surface area contributed by atoms with E-state index in [2.05, 4.69) is 9.71 Å². The van der Waals surface area contributed by atoms with Crippen LogP contribution in [-0.2, 0) is 19.6 Å². The summed E-state index contributed by atoms with van der Waals surface area (Å²) in [5.74, 6) is -0.533. The fourth-order valence-electron chi connectivity index (χ4n) is 4.24. The van der Waals surface area contributed by atoms with Gasteiger partial charge >= 0.3 is 0 Å². The molecule has 0 radical (unpaired) electrons. The number of amides is 2. The second-order valence-corrected chi connectivity index (χ2v) is 11.7. The van der Waals surface area contributed by atoms with Gasteiger partial charge in [-0.15, -0.1) is 4.40 Å². The minimum Gasteiger partial charge on any atom is -0.326 e. The van der Waals surface area contributed by atoms with E-state index in [4.69, 9.17) is 0 Å². The molecule has 0 unspecified atom stereocenters. The summed E-state index contributed by atoms with van der Waals surface area (Å²) < 4.78 is 30.1. The monoisotopic (exact) mass is 499 g/mol. The first-order chi connectivity index (χ1) is 16.2. The number of benzene rings is 2. The van der Waals surface area contributed by atoms with Gasteiger partial charge in [-0.2, -0.15) is 8.42 Å². The SMILES string of the molecule is Cc1ccc(NC(=O)C[C@@H]2SC(=NS(=O)(=O)c3ccc(C)cc3)N(C3CCCCC3)C2=O)cc1. The molecule has 1 heterocycles. The molecule has 180 valence electrons.